The maximum absolute atomic E-state index is 4.74. The van der Waals surface area contributed by atoms with Gasteiger partial charge in [-0.05, 0) is 44.2 Å². The lowest BCUT2D eigenvalue weighted by atomic mass is 10.1. The van der Waals surface area contributed by atoms with Crippen LogP contribution in [0.4, 0.5) is 0 Å². The summed E-state index contributed by atoms with van der Waals surface area (Å²) in [5.41, 5.74) is 3.88. The van der Waals surface area contributed by atoms with E-state index in [1.165, 1.54) is 21.7 Å². The van der Waals surface area contributed by atoms with E-state index >= 15 is 0 Å². The molecule has 1 aromatic carbocycles. The minimum Gasteiger partial charge on any atom is -0.314 e. The molecule has 0 aliphatic heterocycles. The molecule has 3 aromatic rings. The Balaban J connectivity index is 1.98. The molecular formula is C15H17N3S2. The highest BCUT2D eigenvalue weighted by Gasteiger charge is 2.13. The van der Waals surface area contributed by atoms with Crippen molar-refractivity contribution >= 4 is 28.1 Å². The van der Waals surface area contributed by atoms with E-state index in [0.717, 1.165) is 16.5 Å². The molecule has 0 saturated carbocycles. The number of imidazole rings is 1. The monoisotopic (exact) mass is 303 g/mol. The fraction of sp³-hybridized carbons (Fsp3) is 0.267. The second-order valence-corrected chi connectivity index (χ2v) is 6.73. The number of aromatic nitrogens is 2. The summed E-state index contributed by atoms with van der Waals surface area (Å²) in [5.74, 6) is 0. The Morgan fingerprint density at radius 2 is 2.15 bits per heavy atom. The topological polar surface area (TPSA) is 29.3 Å². The highest BCUT2D eigenvalue weighted by atomic mass is 32.2. The van der Waals surface area contributed by atoms with Crippen molar-refractivity contribution in [2.75, 3.05) is 7.05 Å². The van der Waals surface area contributed by atoms with Gasteiger partial charge < -0.3 is 5.32 Å². The van der Waals surface area contributed by atoms with Crippen molar-refractivity contribution in [3.05, 3.63) is 46.6 Å². The number of nitrogens with zero attached hydrogens (tertiary/aromatic N) is 2. The Morgan fingerprint density at radius 3 is 2.90 bits per heavy atom. The molecule has 1 N–H and O–H groups in total. The first-order valence-corrected chi connectivity index (χ1v) is 8.23. The predicted molar refractivity (Wildman–Crippen MR) is 85.9 cm³/mol. The maximum Gasteiger partial charge on any atom is 0.194 e. The zero-order valence-corrected chi connectivity index (χ0v) is 13.4. The van der Waals surface area contributed by atoms with E-state index in [9.17, 15) is 0 Å². The fourth-order valence-electron chi connectivity index (χ4n) is 2.11. The van der Waals surface area contributed by atoms with E-state index in [2.05, 4.69) is 53.3 Å². The van der Waals surface area contributed by atoms with Gasteiger partial charge in [-0.2, -0.15) is 0 Å². The van der Waals surface area contributed by atoms with E-state index in [-0.39, 0.29) is 0 Å². The van der Waals surface area contributed by atoms with Crippen LogP contribution in [-0.4, -0.2) is 16.4 Å². The molecule has 0 aliphatic rings. The quantitative estimate of drug-likeness (QED) is 0.793. The van der Waals surface area contributed by atoms with Crippen LogP contribution in [0.25, 0.3) is 4.96 Å². The Morgan fingerprint density at radius 1 is 1.30 bits per heavy atom. The highest BCUT2D eigenvalue weighted by Crippen LogP contribution is 2.32. The van der Waals surface area contributed by atoms with E-state index in [1.54, 1.807) is 23.1 Å². The summed E-state index contributed by atoms with van der Waals surface area (Å²) >= 11 is 3.42. The first-order valence-electron chi connectivity index (χ1n) is 6.53. The van der Waals surface area contributed by atoms with Gasteiger partial charge in [-0.15, -0.1) is 11.3 Å². The standard InChI is InChI=1S/C15H17N3S2/c1-10-4-5-12(8-11(10)2)20-14-13(9-16-3)18-6-7-19-15(18)17-14/h4-8,16H,9H2,1-3H3. The average molecular weight is 303 g/mol. The zero-order valence-electron chi connectivity index (χ0n) is 11.8. The number of nitrogens with one attached hydrogen (secondary N) is 1. The van der Waals surface area contributed by atoms with Crippen molar-refractivity contribution in [2.24, 2.45) is 0 Å². The number of aryl methyl sites for hydroxylation is 2. The minimum absolute atomic E-state index is 0.824. The Kier molecular flexibility index (Phi) is 3.83. The molecule has 0 radical (unpaired) electrons. The van der Waals surface area contributed by atoms with Gasteiger partial charge in [-0.3, -0.25) is 4.40 Å². The Hall–Kier alpha value is -1.30. The van der Waals surface area contributed by atoms with Gasteiger partial charge >= 0.3 is 0 Å². The molecule has 0 saturated heterocycles. The fourth-order valence-corrected chi connectivity index (χ4v) is 3.92. The van der Waals surface area contributed by atoms with Crippen LogP contribution in [0.2, 0.25) is 0 Å². The third-order valence-electron chi connectivity index (χ3n) is 3.36. The molecule has 2 heterocycles. The lowest BCUT2D eigenvalue weighted by Gasteiger charge is -2.05. The van der Waals surface area contributed by atoms with Crippen LogP contribution in [0.15, 0.2) is 39.7 Å². The molecule has 2 aromatic heterocycles. The number of thiazole rings is 1. The van der Waals surface area contributed by atoms with Crippen LogP contribution < -0.4 is 5.32 Å². The molecule has 0 amide bonds. The van der Waals surface area contributed by atoms with Crippen LogP contribution in [0, 0.1) is 13.8 Å². The van der Waals surface area contributed by atoms with Crippen molar-refractivity contribution in [1.82, 2.24) is 14.7 Å². The molecule has 0 aliphatic carbocycles. The Bertz CT molecular complexity index is 743. The number of hydrogen-bond acceptors (Lipinski definition) is 4. The Labute approximate surface area is 127 Å². The van der Waals surface area contributed by atoms with Gasteiger partial charge in [0.25, 0.3) is 0 Å². The first-order chi connectivity index (χ1) is 9.69. The molecule has 0 fully saturated rings. The maximum atomic E-state index is 4.74. The van der Waals surface area contributed by atoms with Crippen molar-refractivity contribution in [3.63, 3.8) is 0 Å². The van der Waals surface area contributed by atoms with Crippen LogP contribution in [0.1, 0.15) is 16.8 Å². The molecule has 0 atom stereocenters. The van der Waals surface area contributed by atoms with Crippen LogP contribution in [0.3, 0.4) is 0 Å². The number of fused-ring (bicyclic) bond motifs is 1. The molecule has 3 rings (SSSR count). The van der Waals surface area contributed by atoms with Gasteiger partial charge in [0.05, 0.1) is 5.69 Å². The second kappa shape index (κ2) is 5.60. The SMILES string of the molecule is CNCc1c(Sc2ccc(C)c(C)c2)nc2sccn12. The first kappa shape index (κ1) is 13.7. The van der Waals surface area contributed by atoms with Gasteiger partial charge in [0.2, 0.25) is 0 Å². The van der Waals surface area contributed by atoms with Gasteiger partial charge in [0, 0.05) is 23.0 Å². The van der Waals surface area contributed by atoms with E-state index in [4.69, 9.17) is 4.98 Å². The van der Waals surface area contributed by atoms with Crippen molar-refractivity contribution in [3.8, 4) is 0 Å². The number of hydrogen-bond donors (Lipinski definition) is 1. The zero-order chi connectivity index (χ0) is 14.1. The summed E-state index contributed by atoms with van der Waals surface area (Å²) in [6.45, 7) is 5.12. The summed E-state index contributed by atoms with van der Waals surface area (Å²) in [4.78, 5) is 7.05. The summed E-state index contributed by atoms with van der Waals surface area (Å²) in [7, 11) is 1.97. The number of rotatable bonds is 4. The molecular weight excluding hydrogens is 286 g/mol. The summed E-state index contributed by atoms with van der Waals surface area (Å²) in [6.07, 6.45) is 2.09. The minimum atomic E-state index is 0.824. The second-order valence-electron chi connectivity index (χ2n) is 4.80. The summed E-state index contributed by atoms with van der Waals surface area (Å²) < 4.78 is 2.17. The van der Waals surface area contributed by atoms with Gasteiger partial charge in [-0.25, -0.2) is 4.98 Å². The van der Waals surface area contributed by atoms with E-state index in [0.29, 0.717) is 0 Å². The summed E-state index contributed by atoms with van der Waals surface area (Å²) in [6, 6.07) is 6.58. The van der Waals surface area contributed by atoms with Crippen molar-refractivity contribution in [1.29, 1.82) is 0 Å². The summed E-state index contributed by atoms with van der Waals surface area (Å²) in [5, 5.41) is 6.40. The van der Waals surface area contributed by atoms with Crippen LogP contribution in [-0.2, 0) is 6.54 Å². The van der Waals surface area contributed by atoms with Crippen molar-refractivity contribution in [2.45, 2.75) is 30.3 Å². The molecule has 5 heteroatoms. The number of benzene rings is 1. The molecule has 20 heavy (non-hydrogen) atoms. The van der Waals surface area contributed by atoms with Gasteiger partial charge in [0.15, 0.2) is 4.96 Å². The molecule has 0 bridgehead atoms. The molecule has 0 unspecified atom stereocenters. The van der Waals surface area contributed by atoms with E-state index < -0.39 is 0 Å². The van der Waals surface area contributed by atoms with Crippen molar-refractivity contribution < 1.29 is 0 Å². The third-order valence-corrected chi connectivity index (χ3v) is 5.13. The van der Waals surface area contributed by atoms with E-state index in [1.807, 2.05) is 7.05 Å². The largest absolute Gasteiger partial charge is 0.314 e. The van der Waals surface area contributed by atoms with Crippen LogP contribution in [0.5, 0.6) is 0 Å². The smallest absolute Gasteiger partial charge is 0.194 e. The average Bonchev–Trinajstić information content (AvgIpc) is 2.98. The molecule has 0 spiro atoms. The third kappa shape index (κ3) is 2.49. The predicted octanol–water partition coefficient (Wildman–Crippen LogP) is 3.88. The normalized spacial score (nSPS) is 11.3. The van der Waals surface area contributed by atoms with Gasteiger partial charge in [-0.1, -0.05) is 17.8 Å². The lowest BCUT2D eigenvalue weighted by Crippen LogP contribution is -2.08. The highest BCUT2D eigenvalue weighted by molar-refractivity contribution is 7.99. The molecule has 3 nitrogen and oxygen atoms in total. The lowest BCUT2D eigenvalue weighted by molar-refractivity contribution is 0.765. The van der Waals surface area contributed by atoms with Gasteiger partial charge in [0.1, 0.15) is 5.03 Å². The van der Waals surface area contributed by atoms with Crippen LogP contribution >= 0.6 is 23.1 Å². The molecule has 104 valence electrons.